The van der Waals surface area contributed by atoms with Crippen molar-refractivity contribution in [1.29, 1.82) is 0 Å². The minimum Gasteiger partial charge on any atom is -0.323 e. The molecule has 1 aromatic heterocycles. The molecule has 0 aliphatic rings. The molecule has 3 rings (SSSR count). The fourth-order valence-electron chi connectivity index (χ4n) is 2.67. The number of amides is 1. The van der Waals surface area contributed by atoms with Crippen molar-refractivity contribution in [3.63, 3.8) is 0 Å². The van der Waals surface area contributed by atoms with E-state index in [9.17, 15) is 13.2 Å². The fraction of sp³-hybridized carbons (Fsp3) is 0.0952. The van der Waals surface area contributed by atoms with Crippen molar-refractivity contribution in [2.45, 2.75) is 18.7 Å². The lowest BCUT2D eigenvalue weighted by Crippen LogP contribution is -2.15. The molecule has 0 spiro atoms. The number of benzene rings is 2. The number of rotatable bonds is 6. The molecule has 0 aliphatic carbocycles. The average Bonchev–Trinajstić information content (AvgIpc) is 2.66. The fourth-order valence-corrected chi connectivity index (χ4v) is 4.13. The largest absolute Gasteiger partial charge is 0.323 e. The predicted molar refractivity (Wildman–Crippen MR) is 123 cm³/mol. The van der Waals surface area contributed by atoms with Gasteiger partial charge in [0.2, 0.25) is 5.91 Å². The van der Waals surface area contributed by atoms with Gasteiger partial charge in [-0.15, -0.1) is 0 Å². The number of hydrogen-bond acceptors (Lipinski definition) is 5. The molecular weight excluding hydrogens is 459 g/mol. The quantitative estimate of drug-likeness (QED) is 0.494. The van der Waals surface area contributed by atoms with Gasteiger partial charge >= 0.3 is 0 Å². The maximum atomic E-state index is 12.6. The monoisotopic (exact) mass is 476 g/mol. The number of halogens is 2. The van der Waals surface area contributed by atoms with Crippen LogP contribution in [-0.2, 0) is 14.8 Å². The van der Waals surface area contributed by atoms with E-state index < -0.39 is 15.9 Å². The molecule has 0 bridgehead atoms. The molecule has 0 fully saturated rings. The van der Waals surface area contributed by atoms with Gasteiger partial charge in [0.25, 0.3) is 10.0 Å². The van der Waals surface area contributed by atoms with Crippen molar-refractivity contribution in [2.75, 3.05) is 10.0 Å². The van der Waals surface area contributed by atoms with Crippen molar-refractivity contribution >= 4 is 56.7 Å². The summed E-state index contributed by atoms with van der Waals surface area (Å²) in [5.74, 6) is 0.253. The van der Waals surface area contributed by atoms with Gasteiger partial charge in [-0.3, -0.25) is 9.52 Å². The third kappa shape index (κ3) is 6.27. The number of nitrogens with one attached hydrogen (secondary N) is 2. The Balaban J connectivity index is 1.67. The minimum atomic E-state index is -3.84. The Labute approximate surface area is 190 Å². The van der Waals surface area contributed by atoms with Gasteiger partial charge in [0.1, 0.15) is 11.6 Å². The second-order valence-electron chi connectivity index (χ2n) is 6.56. The highest BCUT2D eigenvalue weighted by Crippen LogP contribution is 2.22. The summed E-state index contributed by atoms with van der Waals surface area (Å²) in [6.45, 7) is 3.43. The number of carbonyl (C=O) groups excluding carboxylic acids is 1. The molecule has 1 heterocycles. The highest BCUT2D eigenvalue weighted by atomic mass is 35.5. The van der Waals surface area contributed by atoms with E-state index in [1.165, 1.54) is 30.3 Å². The molecule has 0 aliphatic heterocycles. The van der Waals surface area contributed by atoms with Crippen LogP contribution in [0.3, 0.4) is 0 Å². The van der Waals surface area contributed by atoms with E-state index in [1.807, 2.05) is 0 Å². The SMILES string of the molecule is Cc1cc(NS(=O)(=O)c2ccc(NC(=O)/C=C\c3ccc(Cl)cc3Cl)cc2)nc(C)n1. The average molecular weight is 477 g/mol. The zero-order chi connectivity index (χ0) is 22.6. The van der Waals surface area contributed by atoms with Gasteiger partial charge in [-0.2, -0.15) is 0 Å². The van der Waals surface area contributed by atoms with Gasteiger partial charge in [-0.25, -0.2) is 18.4 Å². The first kappa shape index (κ1) is 22.7. The highest BCUT2D eigenvalue weighted by molar-refractivity contribution is 7.92. The summed E-state index contributed by atoms with van der Waals surface area (Å²) in [5, 5.41) is 3.58. The number of hydrogen-bond donors (Lipinski definition) is 2. The van der Waals surface area contributed by atoms with Crippen molar-refractivity contribution in [3.05, 3.63) is 81.7 Å². The minimum absolute atomic E-state index is 0.0305. The van der Waals surface area contributed by atoms with Gasteiger partial charge in [-0.05, 0) is 61.9 Å². The lowest BCUT2D eigenvalue weighted by Gasteiger charge is -2.09. The van der Waals surface area contributed by atoms with E-state index in [-0.39, 0.29) is 10.7 Å². The second-order valence-corrected chi connectivity index (χ2v) is 9.09. The molecule has 7 nitrogen and oxygen atoms in total. The zero-order valence-electron chi connectivity index (χ0n) is 16.6. The summed E-state index contributed by atoms with van der Waals surface area (Å²) >= 11 is 11.9. The van der Waals surface area contributed by atoms with E-state index in [2.05, 4.69) is 20.0 Å². The lowest BCUT2D eigenvalue weighted by molar-refractivity contribution is -0.111. The van der Waals surface area contributed by atoms with E-state index in [4.69, 9.17) is 23.2 Å². The van der Waals surface area contributed by atoms with Crippen LogP contribution < -0.4 is 10.0 Å². The van der Waals surface area contributed by atoms with Crippen LogP contribution in [0.5, 0.6) is 0 Å². The lowest BCUT2D eigenvalue weighted by atomic mass is 10.2. The molecule has 10 heteroatoms. The Hall–Kier alpha value is -2.94. The highest BCUT2D eigenvalue weighted by Gasteiger charge is 2.15. The Morgan fingerprint density at radius 2 is 1.71 bits per heavy atom. The zero-order valence-corrected chi connectivity index (χ0v) is 18.9. The Kier molecular flexibility index (Phi) is 6.94. The number of carbonyl (C=O) groups is 1. The molecule has 2 N–H and O–H groups in total. The summed E-state index contributed by atoms with van der Waals surface area (Å²) in [6.07, 6.45) is 2.88. The summed E-state index contributed by atoms with van der Waals surface area (Å²) < 4.78 is 27.6. The standard InChI is InChI=1S/C21H18Cl2N4O3S/c1-13-11-20(25-14(2)24-13)27-31(29,30)18-8-6-17(7-9-18)26-21(28)10-4-15-3-5-16(22)12-19(15)23/h3-12H,1-2H3,(H,26,28)(H,24,25,27)/b10-4-. The number of aromatic nitrogens is 2. The number of sulfonamides is 1. The molecule has 2 aromatic carbocycles. The Morgan fingerprint density at radius 3 is 2.35 bits per heavy atom. The van der Waals surface area contributed by atoms with Crippen LogP contribution in [0.2, 0.25) is 10.0 Å². The number of aryl methyl sites for hydroxylation is 2. The molecule has 0 saturated heterocycles. The van der Waals surface area contributed by atoms with Crippen LogP contribution in [0.4, 0.5) is 11.5 Å². The van der Waals surface area contributed by atoms with Crippen LogP contribution in [0.1, 0.15) is 17.1 Å². The smallest absolute Gasteiger partial charge is 0.263 e. The first-order chi connectivity index (χ1) is 14.6. The Morgan fingerprint density at radius 1 is 1.00 bits per heavy atom. The van der Waals surface area contributed by atoms with Crippen molar-refractivity contribution < 1.29 is 13.2 Å². The van der Waals surface area contributed by atoms with Gasteiger partial charge in [0.15, 0.2) is 0 Å². The summed E-state index contributed by atoms with van der Waals surface area (Å²) in [7, 11) is -3.84. The maximum absolute atomic E-state index is 12.6. The van der Waals surface area contributed by atoms with Crippen molar-refractivity contribution in [3.8, 4) is 0 Å². The van der Waals surface area contributed by atoms with Gasteiger partial charge < -0.3 is 5.32 Å². The second kappa shape index (κ2) is 9.47. The summed E-state index contributed by atoms with van der Waals surface area (Å²) in [4.78, 5) is 20.4. The topological polar surface area (TPSA) is 101 Å². The predicted octanol–water partition coefficient (Wildman–Crippen LogP) is 4.85. The molecule has 0 saturated carbocycles. The normalized spacial score (nSPS) is 11.5. The van der Waals surface area contributed by atoms with Crippen LogP contribution >= 0.6 is 23.2 Å². The van der Waals surface area contributed by atoms with E-state index in [0.717, 1.165) is 0 Å². The van der Waals surface area contributed by atoms with Gasteiger partial charge in [0.05, 0.1) is 4.90 Å². The van der Waals surface area contributed by atoms with Crippen LogP contribution in [0, 0.1) is 13.8 Å². The first-order valence-electron chi connectivity index (χ1n) is 9.02. The number of nitrogens with zero attached hydrogens (tertiary/aromatic N) is 2. The van der Waals surface area contributed by atoms with Gasteiger partial charge in [-0.1, -0.05) is 29.3 Å². The molecule has 1 amide bonds. The molecule has 0 radical (unpaired) electrons. The van der Waals surface area contributed by atoms with E-state index >= 15 is 0 Å². The van der Waals surface area contributed by atoms with E-state index in [0.29, 0.717) is 32.8 Å². The van der Waals surface area contributed by atoms with Crippen molar-refractivity contribution in [1.82, 2.24) is 9.97 Å². The van der Waals surface area contributed by atoms with Crippen molar-refractivity contribution in [2.24, 2.45) is 0 Å². The third-order valence-corrected chi connectivity index (χ3v) is 5.95. The molecule has 31 heavy (non-hydrogen) atoms. The molecule has 160 valence electrons. The summed E-state index contributed by atoms with van der Waals surface area (Å²) in [5.41, 5.74) is 1.73. The van der Waals surface area contributed by atoms with Crippen LogP contribution in [0.15, 0.2) is 59.5 Å². The number of anilines is 2. The molecule has 0 atom stereocenters. The molecule has 0 unspecified atom stereocenters. The Bertz CT molecular complexity index is 1240. The summed E-state index contributed by atoms with van der Waals surface area (Å²) in [6, 6.07) is 12.2. The maximum Gasteiger partial charge on any atom is 0.263 e. The molecule has 3 aromatic rings. The molecular formula is C21H18Cl2N4O3S. The van der Waals surface area contributed by atoms with Crippen LogP contribution in [0.25, 0.3) is 6.08 Å². The first-order valence-corrected chi connectivity index (χ1v) is 11.3. The van der Waals surface area contributed by atoms with Gasteiger partial charge in [0, 0.05) is 33.6 Å². The third-order valence-electron chi connectivity index (χ3n) is 4.01. The van der Waals surface area contributed by atoms with Crippen LogP contribution in [-0.4, -0.2) is 24.3 Å². The van der Waals surface area contributed by atoms with E-state index in [1.54, 1.807) is 44.2 Å².